The smallest absolute Gasteiger partial charge is 0.407 e. The average Bonchev–Trinajstić information content (AvgIpc) is 2.26. The first-order valence-electron chi connectivity index (χ1n) is 5.64. The van der Waals surface area contributed by atoms with Crippen molar-refractivity contribution in [2.24, 2.45) is 5.92 Å². The molecule has 1 heterocycles. The van der Waals surface area contributed by atoms with E-state index in [9.17, 15) is 9.59 Å². The van der Waals surface area contributed by atoms with Crippen LogP contribution in [0, 0.1) is 5.92 Å². The molecule has 1 aliphatic heterocycles. The summed E-state index contributed by atoms with van der Waals surface area (Å²) in [7, 11) is 0. The van der Waals surface area contributed by atoms with Crippen LogP contribution in [0.1, 0.15) is 26.7 Å². The highest BCUT2D eigenvalue weighted by Gasteiger charge is 2.21. The van der Waals surface area contributed by atoms with E-state index in [0.29, 0.717) is 13.2 Å². The fourth-order valence-electron chi connectivity index (χ4n) is 1.58. The van der Waals surface area contributed by atoms with Crippen LogP contribution in [0.15, 0.2) is 0 Å². The molecule has 0 saturated carbocycles. The molecule has 5 heteroatoms. The van der Waals surface area contributed by atoms with Gasteiger partial charge in [-0.3, -0.25) is 4.79 Å². The van der Waals surface area contributed by atoms with Crippen molar-refractivity contribution in [1.82, 2.24) is 5.32 Å². The molecule has 0 spiro atoms. The van der Waals surface area contributed by atoms with Gasteiger partial charge in [-0.15, -0.1) is 0 Å². The fourth-order valence-corrected chi connectivity index (χ4v) is 1.58. The lowest BCUT2D eigenvalue weighted by atomic mass is 9.95. The highest BCUT2D eigenvalue weighted by molar-refractivity contribution is 5.85. The Labute approximate surface area is 95.5 Å². The SMILES string of the molecule is CC(C)OC(=O)NCC(=O)C1CCOCC1. The maximum Gasteiger partial charge on any atom is 0.407 e. The van der Waals surface area contributed by atoms with Gasteiger partial charge >= 0.3 is 6.09 Å². The van der Waals surface area contributed by atoms with Crippen molar-refractivity contribution in [1.29, 1.82) is 0 Å². The van der Waals surface area contributed by atoms with Crippen LogP contribution < -0.4 is 5.32 Å². The van der Waals surface area contributed by atoms with Gasteiger partial charge in [0.05, 0.1) is 12.6 Å². The van der Waals surface area contributed by atoms with E-state index in [1.165, 1.54) is 0 Å². The highest BCUT2D eigenvalue weighted by atomic mass is 16.6. The van der Waals surface area contributed by atoms with E-state index in [2.05, 4.69) is 5.32 Å². The van der Waals surface area contributed by atoms with Crippen molar-refractivity contribution in [2.75, 3.05) is 19.8 Å². The van der Waals surface area contributed by atoms with Gasteiger partial charge in [-0.25, -0.2) is 4.79 Å². The van der Waals surface area contributed by atoms with E-state index in [1.54, 1.807) is 13.8 Å². The Bertz CT molecular complexity index is 246. The standard InChI is InChI=1S/C11H19NO4/c1-8(2)16-11(14)12-7-10(13)9-3-5-15-6-4-9/h8-9H,3-7H2,1-2H3,(H,12,14). The Morgan fingerprint density at radius 1 is 1.38 bits per heavy atom. The van der Waals surface area contributed by atoms with Crippen molar-refractivity contribution in [3.63, 3.8) is 0 Å². The van der Waals surface area contributed by atoms with Gasteiger partial charge in [-0.05, 0) is 26.7 Å². The quantitative estimate of drug-likeness (QED) is 0.784. The summed E-state index contributed by atoms with van der Waals surface area (Å²) in [5.74, 6) is 0.0807. The second kappa shape index (κ2) is 6.48. The number of hydrogen-bond acceptors (Lipinski definition) is 4. The molecular weight excluding hydrogens is 210 g/mol. The first-order valence-corrected chi connectivity index (χ1v) is 5.64. The maximum atomic E-state index is 11.7. The molecule has 5 nitrogen and oxygen atoms in total. The molecule has 92 valence electrons. The Morgan fingerprint density at radius 2 is 2.00 bits per heavy atom. The van der Waals surface area contributed by atoms with Crippen LogP contribution in [-0.2, 0) is 14.3 Å². The number of Topliss-reactive ketones (excluding diaryl/α,β-unsaturated/α-hetero) is 1. The van der Waals surface area contributed by atoms with Gasteiger partial charge in [0.25, 0.3) is 0 Å². The number of amides is 1. The highest BCUT2D eigenvalue weighted by Crippen LogP contribution is 2.15. The number of rotatable bonds is 4. The van der Waals surface area contributed by atoms with E-state index < -0.39 is 6.09 Å². The number of carbonyl (C=O) groups is 2. The van der Waals surface area contributed by atoms with E-state index >= 15 is 0 Å². The van der Waals surface area contributed by atoms with Crippen molar-refractivity contribution < 1.29 is 19.1 Å². The second-order valence-corrected chi connectivity index (χ2v) is 4.16. The van der Waals surface area contributed by atoms with Crippen LogP contribution in [-0.4, -0.2) is 37.7 Å². The fraction of sp³-hybridized carbons (Fsp3) is 0.818. The normalized spacial score (nSPS) is 17.2. The number of ether oxygens (including phenoxy) is 2. The molecule has 0 bridgehead atoms. The second-order valence-electron chi connectivity index (χ2n) is 4.16. The number of carbonyl (C=O) groups excluding carboxylic acids is 2. The lowest BCUT2D eigenvalue weighted by molar-refractivity contribution is -0.124. The first-order chi connectivity index (χ1) is 7.59. The molecule has 1 amide bonds. The van der Waals surface area contributed by atoms with E-state index in [1.807, 2.05) is 0 Å². The summed E-state index contributed by atoms with van der Waals surface area (Å²) >= 11 is 0. The lowest BCUT2D eigenvalue weighted by Crippen LogP contribution is -2.36. The zero-order valence-electron chi connectivity index (χ0n) is 9.82. The molecule has 1 fully saturated rings. The summed E-state index contributed by atoms with van der Waals surface area (Å²) in [6, 6.07) is 0. The van der Waals surface area contributed by atoms with E-state index in [0.717, 1.165) is 12.8 Å². The van der Waals surface area contributed by atoms with Crippen molar-refractivity contribution in [2.45, 2.75) is 32.8 Å². The van der Waals surface area contributed by atoms with Crippen molar-refractivity contribution in [3.8, 4) is 0 Å². The van der Waals surface area contributed by atoms with Gasteiger partial charge < -0.3 is 14.8 Å². The van der Waals surface area contributed by atoms with Gasteiger partial charge in [0.2, 0.25) is 0 Å². The summed E-state index contributed by atoms with van der Waals surface area (Å²) in [6.07, 6.45) is 0.799. The molecule has 0 radical (unpaired) electrons. The van der Waals surface area contributed by atoms with Gasteiger partial charge in [0, 0.05) is 19.1 Å². The molecule has 1 N–H and O–H groups in total. The predicted molar refractivity (Wildman–Crippen MR) is 58.2 cm³/mol. The molecule has 0 unspecified atom stereocenters. The minimum Gasteiger partial charge on any atom is -0.447 e. The Balaban J connectivity index is 2.21. The maximum absolute atomic E-state index is 11.7. The minimum absolute atomic E-state index is 0.0214. The first kappa shape index (κ1) is 13.0. The van der Waals surface area contributed by atoms with Gasteiger partial charge in [0.15, 0.2) is 5.78 Å². The summed E-state index contributed by atoms with van der Waals surface area (Å²) in [5.41, 5.74) is 0. The largest absolute Gasteiger partial charge is 0.447 e. The van der Waals surface area contributed by atoms with Gasteiger partial charge in [-0.1, -0.05) is 0 Å². The van der Waals surface area contributed by atoms with Gasteiger partial charge in [0.1, 0.15) is 0 Å². The molecular formula is C11H19NO4. The molecule has 0 aliphatic carbocycles. The summed E-state index contributed by atoms with van der Waals surface area (Å²) in [4.78, 5) is 22.8. The lowest BCUT2D eigenvalue weighted by Gasteiger charge is -2.20. The topological polar surface area (TPSA) is 64.6 Å². The van der Waals surface area contributed by atoms with Crippen LogP contribution in [0.5, 0.6) is 0 Å². The molecule has 1 rings (SSSR count). The summed E-state index contributed by atoms with van der Waals surface area (Å²) in [6.45, 7) is 4.84. The molecule has 0 aromatic carbocycles. The van der Waals surface area contributed by atoms with Crippen LogP contribution in [0.2, 0.25) is 0 Å². The monoisotopic (exact) mass is 229 g/mol. The Morgan fingerprint density at radius 3 is 2.56 bits per heavy atom. The predicted octanol–water partition coefficient (Wildman–Crippen LogP) is 1.12. The molecule has 0 atom stereocenters. The molecule has 1 saturated heterocycles. The van der Waals surface area contributed by atoms with Crippen molar-refractivity contribution >= 4 is 11.9 Å². The Kier molecular flexibility index (Phi) is 5.25. The van der Waals surface area contributed by atoms with Crippen LogP contribution in [0.3, 0.4) is 0 Å². The number of ketones is 1. The molecule has 0 aromatic heterocycles. The van der Waals surface area contributed by atoms with Crippen LogP contribution in [0.25, 0.3) is 0 Å². The van der Waals surface area contributed by atoms with Crippen LogP contribution in [0.4, 0.5) is 4.79 Å². The number of nitrogens with one attached hydrogen (secondary N) is 1. The minimum atomic E-state index is -0.532. The molecule has 16 heavy (non-hydrogen) atoms. The summed E-state index contributed by atoms with van der Waals surface area (Å²) in [5, 5.41) is 2.46. The van der Waals surface area contributed by atoms with E-state index in [4.69, 9.17) is 9.47 Å². The zero-order chi connectivity index (χ0) is 12.0. The summed E-state index contributed by atoms with van der Waals surface area (Å²) < 4.78 is 10.0. The third-order valence-corrected chi connectivity index (χ3v) is 2.43. The van der Waals surface area contributed by atoms with E-state index in [-0.39, 0.29) is 24.3 Å². The zero-order valence-corrected chi connectivity index (χ0v) is 9.82. The third kappa shape index (κ3) is 4.61. The van der Waals surface area contributed by atoms with Crippen LogP contribution >= 0.6 is 0 Å². The average molecular weight is 229 g/mol. The third-order valence-electron chi connectivity index (χ3n) is 2.43. The van der Waals surface area contributed by atoms with Gasteiger partial charge in [-0.2, -0.15) is 0 Å². The van der Waals surface area contributed by atoms with Crippen molar-refractivity contribution in [3.05, 3.63) is 0 Å². The molecule has 0 aromatic rings. The molecule has 1 aliphatic rings. The number of hydrogen-bond donors (Lipinski definition) is 1. The Hall–Kier alpha value is -1.10. The number of alkyl carbamates (subject to hydrolysis) is 1.